The van der Waals surface area contributed by atoms with E-state index in [1.807, 2.05) is 30.3 Å². The predicted molar refractivity (Wildman–Crippen MR) is 84.9 cm³/mol. The van der Waals surface area contributed by atoms with Crippen LogP contribution in [0, 0.1) is 0 Å². The van der Waals surface area contributed by atoms with Crippen molar-refractivity contribution in [3.05, 3.63) is 55.4 Å². The molecule has 0 aliphatic carbocycles. The van der Waals surface area contributed by atoms with Crippen LogP contribution in [-0.2, 0) is 0 Å². The van der Waals surface area contributed by atoms with E-state index >= 15 is 0 Å². The van der Waals surface area contributed by atoms with Gasteiger partial charge in [-0.15, -0.1) is 0 Å². The topological polar surface area (TPSA) is 32.6 Å². The van der Waals surface area contributed by atoms with Crippen LogP contribution in [0.3, 0.4) is 0 Å². The molecule has 0 bridgehead atoms. The minimum atomic E-state index is 0.178. The van der Waals surface area contributed by atoms with Gasteiger partial charge >= 0.3 is 0 Å². The van der Waals surface area contributed by atoms with Crippen LogP contribution >= 0.6 is 47.8 Å². The molecule has 0 spiro atoms. The third-order valence-electron chi connectivity index (χ3n) is 2.22. The Morgan fingerprint density at radius 2 is 1.78 bits per heavy atom. The van der Waals surface area contributed by atoms with Gasteiger partial charge in [0.15, 0.2) is 0 Å². The maximum atomic E-state index is 9.89. The highest BCUT2D eigenvalue weighted by Crippen LogP contribution is 2.31. The normalized spacial score (nSPS) is 11.1. The summed E-state index contributed by atoms with van der Waals surface area (Å²) in [7, 11) is 0. The van der Waals surface area contributed by atoms with Crippen LogP contribution in [0.2, 0.25) is 0 Å². The van der Waals surface area contributed by atoms with Gasteiger partial charge in [-0.25, -0.2) is 0 Å². The fourth-order valence-corrected chi connectivity index (χ4v) is 3.03. The average Bonchev–Trinajstić information content (AvgIpc) is 2.32. The number of rotatable bonds is 2. The lowest BCUT2D eigenvalue weighted by Gasteiger charge is -2.02. The van der Waals surface area contributed by atoms with Gasteiger partial charge in [-0.3, -0.25) is 4.99 Å². The summed E-state index contributed by atoms with van der Waals surface area (Å²) < 4.78 is 2.48. The molecule has 0 aromatic heterocycles. The second-order valence-corrected chi connectivity index (χ2v) is 6.25. The van der Waals surface area contributed by atoms with Gasteiger partial charge in [0.05, 0.1) is 10.2 Å². The SMILES string of the molecule is Oc1c(Br)cc(Br)cc1C=Nc1cccc(Br)c1. The Hall–Kier alpha value is -0.650. The molecule has 2 aromatic carbocycles. The van der Waals surface area contributed by atoms with Gasteiger partial charge < -0.3 is 5.11 Å². The number of aromatic hydroxyl groups is 1. The zero-order valence-electron chi connectivity index (χ0n) is 9.07. The van der Waals surface area contributed by atoms with Gasteiger partial charge in [0.1, 0.15) is 5.75 Å². The first-order valence-electron chi connectivity index (χ1n) is 5.04. The number of nitrogens with zero attached hydrogens (tertiary/aromatic N) is 1. The number of phenolic OH excluding ortho intramolecular Hbond substituents is 1. The fraction of sp³-hybridized carbons (Fsp3) is 0. The molecule has 92 valence electrons. The number of hydrogen-bond donors (Lipinski definition) is 1. The number of halogens is 3. The lowest BCUT2D eigenvalue weighted by Crippen LogP contribution is -1.84. The van der Waals surface area contributed by atoms with Crippen molar-refractivity contribution >= 4 is 59.7 Å². The first kappa shape index (κ1) is 13.8. The number of aliphatic imine (C=N–C) groups is 1. The van der Waals surface area contributed by atoms with Gasteiger partial charge in [0.25, 0.3) is 0 Å². The Morgan fingerprint density at radius 1 is 1.00 bits per heavy atom. The summed E-state index contributed by atoms with van der Waals surface area (Å²) in [6, 6.07) is 11.2. The molecule has 5 heteroatoms. The largest absolute Gasteiger partial charge is 0.506 e. The predicted octanol–water partition coefficient (Wildman–Crippen LogP) is 5.43. The Bertz CT molecular complexity index is 611. The van der Waals surface area contributed by atoms with E-state index in [4.69, 9.17) is 0 Å². The molecule has 2 rings (SSSR count). The van der Waals surface area contributed by atoms with E-state index < -0.39 is 0 Å². The van der Waals surface area contributed by atoms with Gasteiger partial charge in [0.2, 0.25) is 0 Å². The van der Waals surface area contributed by atoms with Crippen LogP contribution < -0.4 is 0 Å². The van der Waals surface area contributed by atoms with E-state index in [0.29, 0.717) is 10.0 Å². The lowest BCUT2D eigenvalue weighted by atomic mass is 10.2. The third-order valence-corrected chi connectivity index (χ3v) is 3.77. The van der Waals surface area contributed by atoms with Crippen molar-refractivity contribution in [1.29, 1.82) is 0 Å². The fourth-order valence-electron chi connectivity index (χ4n) is 1.38. The average molecular weight is 434 g/mol. The molecule has 0 atom stereocenters. The van der Waals surface area contributed by atoms with Crippen molar-refractivity contribution in [2.24, 2.45) is 4.99 Å². The molecule has 0 saturated carbocycles. The van der Waals surface area contributed by atoms with Crippen LogP contribution in [0.25, 0.3) is 0 Å². The van der Waals surface area contributed by atoms with Gasteiger partial charge in [-0.2, -0.15) is 0 Å². The molecule has 2 nitrogen and oxygen atoms in total. The van der Waals surface area contributed by atoms with Crippen LogP contribution in [-0.4, -0.2) is 11.3 Å². The summed E-state index contributed by atoms with van der Waals surface area (Å²) >= 11 is 10.0. The second-order valence-electron chi connectivity index (χ2n) is 3.56. The van der Waals surface area contributed by atoms with Crippen molar-refractivity contribution in [2.75, 3.05) is 0 Å². The maximum absolute atomic E-state index is 9.89. The Kier molecular flexibility index (Phi) is 4.59. The zero-order chi connectivity index (χ0) is 13.1. The van der Waals surface area contributed by atoms with Crippen molar-refractivity contribution < 1.29 is 5.11 Å². The quantitative estimate of drug-likeness (QED) is 0.629. The molecule has 0 aliphatic rings. The molecule has 0 unspecified atom stereocenters. The third kappa shape index (κ3) is 3.43. The van der Waals surface area contributed by atoms with Crippen molar-refractivity contribution in [2.45, 2.75) is 0 Å². The van der Waals surface area contributed by atoms with Crippen LogP contribution in [0.4, 0.5) is 5.69 Å². The summed E-state index contributed by atoms with van der Waals surface area (Å²) in [6.45, 7) is 0. The molecule has 0 aliphatic heterocycles. The molecule has 0 amide bonds. The van der Waals surface area contributed by atoms with Crippen molar-refractivity contribution in [1.82, 2.24) is 0 Å². The van der Waals surface area contributed by atoms with Crippen molar-refractivity contribution in [3.8, 4) is 5.75 Å². The van der Waals surface area contributed by atoms with E-state index in [9.17, 15) is 5.11 Å². The van der Waals surface area contributed by atoms with Crippen LogP contribution in [0.1, 0.15) is 5.56 Å². The standard InChI is InChI=1S/C13H8Br3NO/c14-9-2-1-3-11(5-9)17-7-8-4-10(15)6-12(16)13(8)18/h1-7,18H. The van der Waals surface area contributed by atoms with E-state index in [1.54, 1.807) is 12.3 Å². The highest BCUT2D eigenvalue weighted by Gasteiger charge is 2.05. The first-order chi connectivity index (χ1) is 8.56. The molecular weight excluding hydrogens is 426 g/mol. The number of hydrogen-bond acceptors (Lipinski definition) is 2. The minimum Gasteiger partial charge on any atom is -0.506 e. The summed E-state index contributed by atoms with van der Waals surface area (Å²) in [5, 5.41) is 9.89. The molecule has 2 aromatic rings. The zero-order valence-corrected chi connectivity index (χ0v) is 13.8. The van der Waals surface area contributed by atoms with Crippen LogP contribution in [0.15, 0.2) is 54.8 Å². The molecule has 0 heterocycles. The van der Waals surface area contributed by atoms with Crippen LogP contribution in [0.5, 0.6) is 5.75 Å². The maximum Gasteiger partial charge on any atom is 0.138 e. The lowest BCUT2D eigenvalue weighted by molar-refractivity contribution is 0.471. The molecule has 0 fully saturated rings. The highest BCUT2D eigenvalue weighted by atomic mass is 79.9. The number of benzene rings is 2. The summed E-state index contributed by atoms with van der Waals surface area (Å²) in [5.41, 5.74) is 1.47. The van der Waals surface area contributed by atoms with E-state index in [2.05, 4.69) is 52.8 Å². The molecule has 18 heavy (non-hydrogen) atoms. The molecule has 0 saturated heterocycles. The van der Waals surface area contributed by atoms with E-state index in [0.717, 1.165) is 14.6 Å². The van der Waals surface area contributed by atoms with Gasteiger partial charge in [-0.1, -0.05) is 37.9 Å². The Balaban J connectivity index is 2.34. The monoisotopic (exact) mass is 431 g/mol. The second kappa shape index (κ2) is 5.99. The molecule has 0 radical (unpaired) electrons. The smallest absolute Gasteiger partial charge is 0.138 e. The van der Waals surface area contributed by atoms with E-state index in [-0.39, 0.29) is 5.75 Å². The van der Waals surface area contributed by atoms with Gasteiger partial charge in [-0.05, 0) is 46.3 Å². The van der Waals surface area contributed by atoms with E-state index in [1.165, 1.54) is 0 Å². The summed E-state index contributed by atoms with van der Waals surface area (Å²) in [4.78, 5) is 4.32. The summed E-state index contributed by atoms with van der Waals surface area (Å²) in [5.74, 6) is 0.178. The molecule has 1 N–H and O–H groups in total. The summed E-state index contributed by atoms with van der Waals surface area (Å²) in [6.07, 6.45) is 1.63. The first-order valence-corrected chi connectivity index (χ1v) is 7.42. The van der Waals surface area contributed by atoms with Crippen molar-refractivity contribution in [3.63, 3.8) is 0 Å². The molecular formula is C13H8Br3NO. The Morgan fingerprint density at radius 3 is 2.50 bits per heavy atom. The van der Waals surface area contributed by atoms with Gasteiger partial charge in [0, 0.05) is 20.7 Å². The Labute approximate surface area is 130 Å². The highest BCUT2D eigenvalue weighted by molar-refractivity contribution is 9.11. The minimum absolute atomic E-state index is 0.178. The number of phenols is 1.